The molecule has 2 heterocycles. The summed E-state index contributed by atoms with van der Waals surface area (Å²) in [6, 6.07) is 8.03. The minimum atomic E-state index is 0.631. The van der Waals surface area contributed by atoms with Gasteiger partial charge in [0.15, 0.2) is 11.6 Å². The van der Waals surface area contributed by atoms with Crippen LogP contribution in [0.15, 0.2) is 43.0 Å². The molecule has 0 radical (unpaired) electrons. The van der Waals surface area contributed by atoms with Gasteiger partial charge in [0.05, 0.1) is 7.11 Å². The smallest absolute Gasteiger partial charge is 0.187 e. The number of hydrogen-bond donors (Lipinski definition) is 1. The van der Waals surface area contributed by atoms with Gasteiger partial charge in [-0.05, 0) is 11.5 Å². The Morgan fingerprint density at radius 1 is 1.15 bits per heavy atom. The molecule has 0 bridgehead atoms. The number of benzene rings is 1. The molecule has 0 amide bonds. The molecule has 0 spiro atoms. The molecule has 0 atom stereocenters. The van der Waals surface area contributed by atoms with Gasteiger partial charge in [-0.15, -0.1) is 0 Å². The SMILES string of the molecule is CNc1ncnc(-c2cccc3ccncc23)c1OC. The lowest BCUT2D eigenvalue weighted by Gasteiger charge is -2.12. The van der Waals surface area contributed by atoms with Crippen LogP contribution in [0.3, 0.4) is 0 Å². The van der Waals surface area contributed by atoms with E-state index in [4.69, 9.17) is 4.74 Å². The van der Waals surface area contributed by atoms with Crippen LogP contribution in [0.1, 0.15) is 0 Å². The van der Waals surface area contributed by atoms with Gasteiger partial charge in [-0.1, -0.05) is 18.2 Å². The molecule has 0 saturated heterocycles. The van der Waals surface area contributed by atoms with Gasteiger partial charge in [-0.3, -0.25) is 4.98 Å². The molecule has 0 unspecified atom stereocenters. The third-order valence-corrected chi connectivity index (χ3v) is 3.18. The van der Waals surface area contributed by atoms with Crippen molar-refractivity contribution in [3.63, 3.8) is 0 Å². The summed E-state index contributed by atoms with van der Waals surface area (Å²) in [5.41, 5.74) is 1.73. The van der Waals surface area contributed by atoms with Gasteiger partial charge in [-0.25, -0.2) is 9.97 Å². The highest BCUT2D eigenvalue weighted by atomic mass is 16.5. The predicted octanol–water partition coefficient (Wildman–Crippen LogP) is 2.74. The van der Waals surface area contributed by atoms with Crippen molar-refractivity contribution in [3.05, 3.63) is 43.0 Å². The van der Waals surface area contributed by atoms with E-state index >= 15 is 0 Å². The Morgan fingerprint density at radius 3 is 2.85 bits per heavy atom. The highest BCUT2D eigenvalue weighted by Crippen LogP contribution is 2.36. The number of rotatable bonds is 3. The Bertz CT molecular complexity index is 752. The lowest BCUT2D eigenvalue weighted by atomic mass is 10.0. The molecular formula is C15H14N4O. The summed E-state index contributed by atoms with van der Waals surface area (Å²) < 4.78 is 5.46. The second-order valence-corrected chi connectivity index (χ2v) is 4.26. The van der Waals surface area contributed by atoms with Crippen molar-refractivity contribution >= 4 is 16.6 Å². The minimum Gasteiger partial charge on any atom is -0.491 e. The first-order chi connectivity index (χ1) is 9.85. The molecule has 0 aliphatic heterocycles. The van der Waals surface area contributed by atoms with Crippen LogP contribution in [-0.4, -0.2) is 29.1 Å². The van der Waals surface area contributed by atoms with E-state index in [1.807, 2.05) is 30.5 Å². The minimum absolute atomic E-state index is 0.631. The number of pyridine rings is 1. The van der Waals surface area contributed by atoms with Crippen LogP contribution in [0.2, 0.25) is 0 Å². The van der Waals surface area contributed by atoms with E-state index in [9.17, 15) is 0 Å². The molecule has 0 fully saturated rings. The fourth-order valence-electron chi connectivity index (χ4n) is 2.26. The van der Waals surface area contributed by atoms with Crippen LogP contribution in [0.4, 0.5) is 5.82 Å². The maximum Gasteiger partial charge on any atom is 0.187 e. The van der Waals surface area contributed by atoms with Crippen molar-refractivity contribution in [2.75, 3.05) is 19.5 Å². The zero-order chi connectivity index (χ0) is 13.9. The molecular weight excluding hydrogens is 252 g/mol. The maximum absolute atomic E-state index is 5.46. The number of hydrogen-bond acceptors (Lipinski definition) is 5. The standard InChI is InChI=1S/C15H14N4O/c1-16-15-14(20-2)13(18-9-19-15)11-5-3-4-10-6-7-17-8-12(10)11/h3-9H,1-2H3,(H,16,18,19). The Labute approximate surface area is 116 Å². The zero-order valence-electron chi connectivity index (χ0n) is 11.3. The summed E-state index contributed by atoms with van der Waals surface area (Å²) in [4.78, 5) is 12.7. The molecule has 1 aromatic carbocycles. The third kappa shape index (κ3) is 1.93. The number of methoxy groups -OCH3 is 1. The number of anilines is 1. The quantitative estimate of drug-likeness (QED) is 0.789. The lowest BCUT2D eigenvalue weighted by Crippen LogP contribution is -2.00. The molecule has 2 aromatic heterocycles. The highest BCUT2D eigenvalue weighted by molar-refractivity contribution is 5.97. The van der Waals surface area contributed by atoms with Crippen LogP contribution in [0.5, 0.6) is 5.75 Å². The van der Waals surface area contributed by atoms with Gasteiger partial charge in [-0.2, -0.15) is 0 Å². The monoisotopic (exact) mass is 266 g/mol. The first-order valence-corrected chi connectivity index (χ1v) is 6.25. The molecule has 0 saturated carbocycles. The van der Waals surface area contributed by atoms with Crippen molar-refractivity contribution in [1.29, 1.82) is 0 Å². The third-order valence-electron chi connectivity index (χ3n) is 3.18. The van der Waals surface area contributed by atoms with E-state index in [0.29, 0.717) is 11.6 Å². The number of nitrogens with one attached hydrogen (secondary N) is 1. The van der Waals surface area contributed by atoms with Crippen LogP contribution in [0.25, 0.3) is 22.0 Å². The predicted molar refractivity (Wildman–Crippen MR) is 78.9 cm³/mol. The van der Waals surface area contributed by atoms with E-state index in [-0.39, 0.29) is 0 Å². The number of nitrogens with zero attached hydrogens (tertiary/aromatic N) is 3. The summed E-state index contributed by atoms with van der Waals surface area (Å²) in [6.45, 7) is 0. The molecule has 100 valence electrons. The van der Waals surface area contributed by atoms with E-state index in [1.165, 1.54) is 6.33 Å². The van der Waals surface area contributed by atoms with Crippen molar-refractivity contribution in [1.82, 2.24) is 15.0 Å². The van der Waals surface area contributed by atoms with Crippen molar-refractivity contribution in [2.45, 2.75) is 0 Å². The average molecular weight is 266 g/mol. The molecule has 3 rings (SSSR count). The van der Waals surface area contributed by atoms with E-state index in [0.717, 1.165) is 22.0 Å². The van der Waals surface area contributed by atoms with E-state index < -0.39 is 0 Å². The average Bonchev–Trinajstić information content (AvgIpc) is 2.53. The maximum atomic E-state index is 5.46. The lowest BCUT2D eigenvalue weighted by molar-refractivity contribution is 0.415. The van der Waals surface area contributed by atoms with Crippen LogP contribution >= 0.6 is 0 Å². The number of fused-ring (bicyclic) bond motifs is 1. The van der Waals surface area contributed by atoms with Crippen LogP contribution < -0.4 is 10.1 Å². The van der Waals surface area contributed by atoms with Gasteiger partial charge < -0.3 is 10.1 Å². The summed E-state index contributed by atoms with van der Waals surface area (Å²) >= 11 is 0. The summed E-state index contributed by atoms with van der Waals surface area (Å²) in [6.07, 6.45) is 5.15. The molecule has 1 N–H and O–H groups in total. The zero-order valence-corrected chi connectivity index (χ0v) is 11.3. The van der Waals surface area contributed by atoms with Crippen molar-refractivity contribution < 1.29 is 4.74 Å². The van der Waals surface area contributed by atoms with Gasteiger partial charge in [0.1, 0.15) is 12.0 Å². The molecule has 3 aromatic rings. The first kappa shape index (κ1) is 12.3. The summed E-state index contributed by atoms with van der Waals surface area (Å²) in [5.74, 6) is 1.30. The van der Waals surface area contributed by atoms with E-state index in [2.05, 4.69) is 20.3 Å². The van der Waals surface area contributed by atoms with Gasteiger partial charge in [0.25, 0.3) is 0 Å². The van der Waals surface area contributed by atoms with Crippen molar-refractivity contribution in [2.24, 2.45) is 0 Å². The molecule has 20 heavy (non-hydrogen) atoms. The Kier molecular flexibility index (Phi) is 3.16. The normalized spacial score (nSPS) is 10.5. The number of aromatic nitrogens is 3. The van der Waals surface area contributed by atoms with Crippen molar-refractivity contribution in [3.8, 4) is 17.0 Å². The Balaban J connectivity index is 2.31. The fraction of sp³-hybridized carbons (Fsp3) is 0.133. The Hall–Kier alpha value is -2.69. The van der Waals surface area contributed by atoms with Gasteiger partial charge in [0, 0.05) is 30.4 Å². The molecule has 0 aliphatic carbocycles. The van der Waals surface area contributed by atoms with Crippen LogP contribution in [0, 0.1) is 0 Å². The van der Waals surface area contributed by atoms with Gasteiger partial charge >= 0.3 is 0 Å². The summed E-state index contributed by atoms with van der Waals surface area (Å²) in [5, 5.41) is 5.16. The summed E-state index contributed by atoms with van der Waals surface area (Å²) in [7, 11) is 3.42. The van der Waals surface area contributed by atoms with E-state index in [1.54, 1.807) is 20.4 Å². The molecule has 5 heteroatoms. The topological polar surface area (TPSA) is 59.9 Å². The van der Waals surface area contributed by atoms with Gasteiger partial charge in [0.2, 0.25) is 0 Å². The number of ether oxygens (including phenoxy) is 1. The van der Waals surface area contributed by atoms with Crippen LogP contribution in [-0.2, 0) is 0 Å². The second-order valence-electron chi connectivity index (χ2n) is 4.26. The largest absolute Gasteiger partial charge is 0.491 e. The Morgan fingerprint density at radius 2 is 2.05 bits per heavy atom. The second kappa shape index (κ2) is 5.13. The first-order valence-electron chi connectivity index (χ1n) is 6.25. The fourth-order valence-corrected chi connectivity index (χ4v) is 2.26. The molecule has 5 nitrogen and oxygen atoms in total. The highest BCUT2D eigenvalue weighted by Gasteiger charge is 2.15. The molecule has 0 aliphatic rings.